The van der Waals surface area contributed by atoms with E-state index in [2.05, 4.69) is 5.32 Å². The molecule has 2 atom stereocenters. The molecule has 0 saturated carbocycles. The Labute approximate surface area is 107 Å². The molecule has 102 valence electrons. The molecular formula is C11H12FN3O4. The van der Waals surface area contributed by atoms with E-state index < -0.39 is 28.6 Å². The van der Waals surface area contributed by atoms with E-state index in [1.165, 1.54) is 0 Å². The van der Waals surface area contributed by atoms with Gasteiger partial charge in [-0.05, 0) is 6.07 Å². The van der Waals surface area contributed by atoms with Crippen molar-refractivity contribution in [3.05, 3.63) is 34.1 Å². The Balaban J connectivity index is 2.11. The number of rotatable bonds is 3. The first-order chi connectivity index (χ1) is 8.99. The first kappa shape index (κ1) is 13.4. The number of nitro benzene ring substituents is 1. The van der Waals surface area contributed by atoms with Gasteiger partial charge in [0.15, 0.2) is 5.82 Å². The van der Waals surface area contributed by atoms with E-state index in [-0.39, 0.29) is 24.6 Å². The molecule has 0 spiro atoms. The molecule has 1 saturated heterocycles. The van der Waals surface area contributed by atoms with E-state index in [9.17, 15) is 19.3 Å². The molecule has 7 nitrogen and oxygen atoms in total. The molecule has 1 fully saturated rings. The number of carbonyl (C=O) groups is 1. The minimum atomic E-state index is -0.866. The Morgan fingerprint density at radius 2 is 2.26 bits per heavy atom. The molecular weight excluding hydrogens is 257 g/mol. The summed E-state index contributed by atoms with van der Waals surface area (Å²) in [5, 5.41) is 12.8. The van der Waals surface area contributed by atoms with E-state index >= 15 is 0 Å². The summed E-state index contributed by atoms with van der Waals surface area (Å²) >= 11 is 0. The molecule has 1 aromatic carbocycles. The van der Waals surface area contributed by atoms with Gasteiger partial charge in [-0.25, -0.2) is 4.39 Å². The van der Waals surface area contributed by atoms with Crippen molar-refractivity contribution in [3.8, 4) is 0 Å². The number of nitro groups is 1. The second-order valence-corrected chi connectivity index (χ2v) is 4.22. The predicted molar refractivity (Wildman–Crippen MR) is 64.0 cm³/mol. The molecule has 0 aliphatic carbocycles. The zero-order valence-corrected chi connectivity index (χ0v) is 9.84. The topological polar surface area (TPSA) is 107 Å². The number of ether oxygens (including phenoxy) is 1. The van der Waals surface area contributed by atoms with Crippen LogP contribution in [-0.4, -0.2) is 30.1 Å². The lowest BCUT2D eigenvalue weighted by Crippen LogP contribution is -2.37. The largest absolute Gasteiger partial charge is 0.379 e. The van der Waals surface area contributed by atoms with Gasteiger partial charge in [0.25, 0.3) is 5.69 Å². The second-order valence-electron chi connectivity index (χ2n) is 4.22. The third kappa shape index (κ3) is 2.85. The third-order valence-electron chi connectivity index (χ3n) is 2.88. The monoisotopic (exact) mass is 269 g/mol. The number of carbonyl (C=O) groups excluding carboxylic acids is 1. The molecule has 1 aliphatic rings. The molecule has 0 bridgehead atoms. The van der Waals surface area contributed by atoms with Crippen molar-refractivity contribution >= 4 is 17.3 Å². The Hall–Kier alpha value is -2.06. The van der Waals surface area contributed by atoms with Crippen molar-refractivity contribution in [2.45, 2.75) is 6.04 Å². The van der Waals surface area contributed by atoms with Crippen LogP contribution in [0.4, 0.5) is 15.8 Å². The molecule has 0 radical (unpaired) electrons. The lowest BCUT2D eigenvalue weighted by Gasteiger charge is -2.13. The van der Waals surface area contributed by atoms with Crippen LogP contribution < -0.4 is 11.1 Å². The Kier molecular flexibility index (Phi) is 3.72. The van der Waals surface area contributed by atoms with Crippen LogP contribution in [0.25, 0.3) is 0 Å². The van der Waals surface area contributed by atoms with Gasteiger partial charge < -0.3 is 15.8 Å². The van der Waals surface area contributed by atoms with Crippen molar-refractivity contribution in [2.24, 2.45) is 11.7 Å². The molecule has 1 aromatic rings. The summed E-state index contributed by atoms with van der Waals surface area (Å²) in [5.41, 5.74) is 5.17. The number of halogens is 1. The Morgan fingerprint density at radius 1 is 1.53 bits per heavy atom. The van der Waals surface area contributed by atoms with E-state index in [0.717, 1.165) is 18.2 Å². The standard InChI is InChI=1S/C11H12FN3O4/c12-8-3-6(15(17)18)1-2-10(8)14-11(16)7-4-19-5-9(7)13/h1-3,7,9H,4-5,13H2,(H,14,16). The van der Waals surface area contributed by atoms with Gasteiger partial charge >= 0.3 is 0 Å². The number of nitrogens with zero attached hydrogens (tertiary/aromatic N) is 1. The van der Waals surface area contributed by atoms with E-state index in [1.54, 1.807) is 0 Å². The minimum absolute atomic E-state index is 0.116. The van der Waals surface area contributed by atoms with Crippen LogP contribution in [0.5, 0.6) is 0 Å². The number of hydrogen-bond donors (Lipinski definition) is 2. The number of anilines is 1. The van der Waals surface area contributed by atoms with Crippen molar-refractivity contribution in [3.63, 3.8) is 0 Å². The van der Waals surface area contributed by atoms with Crippen LogP contribution in [0, 0.1) is 21.8 Å². The van der Waals surface area contributed by atoms with Crippen molar-refractivity contribution in [2.75, 3.05) is 18.5 Å². The van der Waals surface area contributed by atoms with Crippen molar-refractivity contribution < 1.29 is 18.8 Å². The number of benzene rings is 1. The predicted octanol–water partition coefficient (Wildman–Crippen LogP) is 0.646. The highest BCUT2D eigenvalue weighted by molar-refractivity contribution is 5.93. The van der Waals surface area contributed by atoms with Gasteiger partial charge in [-0.3, -0.25) is 14.9 Å². The van der Waals surface area contributed by atoms with E-state index in [1.807, 2.05) is 0 Å². The quantitative estimate of drug-likeness (QED) is 0.618. The maximum Gasteiger partial charge on any atom is 0.272 e. The molecule has 1 amide bonds. The molecule has 19 heavy (non-hydrogen) atoms. The summed E-state index contributed by atoms with van der Waals surface area (Å²) < 4.78 is 18.6. The maximum absolute atomic E-state index is 13.6. The molecule has 3 N–H and O–H groups in total. The Bertz CT molecular complexity index is 523. The molecule has 1 aliphatic heterocycles. The highest BCUT2D eigenvalue weighted by atomic mass is 19.1. The lowest BCUT2D eigenvalue weighted by molar-refractivity contribution is -0.385. The van der Waals surface area contributed by atoms with Gasteiger partial charge in [0, 0.05) is 12.1 Å². The average Bonchev–Trinajstić information content (AvgIpc) is 2.77. The first-order valence-electron chi connectivity index (χ1n) is 5.57. The normalized spacial score (nSPS) is 22.2. The van der Waals surface area contributed by atoms with E-state index in [0.29, 0.717) is 0 Å². The lowest BCUT2D eigenvalue weighted by atomic mass is 10.0. The van der Waals surface area contributed by atoms with Crippen molar-refractivity contribution in [1.82, 2.24) is 0 Å². The first-order valence-corrected chi connectivity index (χ1v) is 5.57. The van der Waals surface area contributed by atoms with Gasteiger partial charge in [0.1, 0.15) is 0 Å². The van der Waals surface area contributed by atoms with Crippen LogP contribution in [0.1, 0.15) is 0 Å². The van der Waals surface area contributed by atoms with Crippen LogP contribution >= 0.6 is 0 Å². The van der Waals surface area contributed by atoms with Gasteiger partial charge in [-0.1, -0.05) is 0 Å². The summed E-state index contributed by atoms with van der Waals surface area (Å²) in [4.78, 5) is 21.6. The maximum atomic E-state index is 13.6. The SMILES string of the molecule is NC1COCC1C(=O)Nc1ccc([N+](=O)[O-])cc1F. The average molecular weight is 269 g/mol. The smallest absolute Gasteiger partial charge is 0.272 e. The fraction of sp³-hybridized carbons (Fsp3) is 0.364. The van der Waals surface area contributed by atoms with Crippen LogP contribution in [0.15, 0.2) is 18.2 Å². The number of nitrogens with one attached hydrogen (secondary N) is 1. The van der Waals surface area contributed by atoms with E-state index in [4.69, 9.17) is 10.5 Å². The summed E-state index contributed by atoms with van der Waals surface area (Å²) in [5.74, 6) is -1.87. The van der Waals surface area contributed by atoms with Gasteiger partial charge in [0.2, 0.25) is 5.91 Å². The van der Waals surface area contributed by atoms with Gasteiger partial charge in [0.05, 0.1) is 35.8 Å². The summed E-state index contributed by atoms with van der Waals surface area (Å²) in [6, 6.07) is 2.58. The highest BCUT2D eigenvalue weighted by Crippen LogP contribution is 2.22. The number of hydrogen-bond acceptors (Lipinski definition) is 5. The molecule has 2 rings (SSSR count). The van der Waals surface area contributed by atoms with Gasteiger partial charge in [-0.15, -0.1) is 0 Å². The fourth-order valence-corrected chi connectivity index (χ4v) is 1.79. The number of non-ortho nitro benzene ring substituents is 1. The molecule has 8 heteroatoms. The van der Waals surface area contributed by atoms with Crippen LogP contribution in [-0.2, 0) is 9.53 Å². The third-order valence-corrected chi connectivity index (χ3v) is 2.88. The number of amides is 1. The molecule has 1 heterocycles. The van der Waals surface area contributed by atoms with Crippen LogP contribution in [0.2, 0.25) is 0 Å². The highest BCUT2D eigenvalue weighted by Gasteiger charge is 2.31. The molecule has 2 unspecified atom stereocenters. The fourth-order valence-electron chi connectivity index (χ4n) is 1.79. The zero-order chi connectivity index (χ0) is 14.0. The molecule has 0 aromatic heterocycles. The second kappa shape index (κ2) is 5.29. The Morgan fingerprint density at radius 3 is 2.79 bits per heavy atom. The summed E-state index contributed by atoms with van der Waals surface area (Å²) in [6.45, 7) is 0.461. The van der Waals surface area contributed by atoms with Crippen molar-refractivity contribution in [1.29, 1.82) is 0 Å². The number of nitrogens with two attached hydrogens (primary N) is 1. The van der Waals surface area contributed by atoms with Crippen LogP contribution in [0.3, 0.4) is 0 Å². The summed E-state index contributed by atoms with van der Waals surface area (Å²) in [6.07, 6.45) is 0. The zero-order valence-electron chi connectivity index (χ0n) is 9.84. The minimum Gasteiger partial charge on any atom is -0.379 e. The van der Waals surface area contributed by atoms with Gasteiger partial charge in [-0.2, -0.15) is 0 Å². The summed E-state index contributed by atoms with van der Waals surface area (Å²) in [7, 11) is 0.